The molecule has 0 aromatic carbocycles. The van der Waals surface area contributed by atoms with E-state index in [1.165, 1.54) is 39.4 Å². The predicted molar refractivity (Wildman–Crippen MR) is 51.2 cm³/mol. The van der Waals surface area contributed by atoms with Gasteiger partial charge in [-0.3, -0.25) is 0 Å². The third-order valence-corrected chi connectivity index (χ3v) is 2.37. The van der Waals surface area contributed by atoms with E-state index >= 15 is 0 Å². The smallest absolute Gasteiger partial charge is 0.0891 e. The van der Waals surface area contributed by atoms with Gasteiger partial charge in [0.1, 0.15) is 7.28 Å². The first-order chi connectivity index (χ1) is 4.85. The molecule has 0 nitrogen and oxygen atoms in total. The van der Waals surface area contributed by atoms with Crippen LogP contribution in [0.5, 0.6) is 0 Å². The van der Waals surface area contributed by atoms with E-state index in [0.717, 1.165) is 5.82 Å². The Hall–Kier alpha value is 0.0649. The molecule has 0 radical (unpaired) electrons. The molecule has 1 heteroatoms. The topological polar surface area (TPSA) is 0 Å². The van der Waals surface area contributed by atoms with Gasteiger partial charge in [-0.05, 0) is 0 Å². The maximum Gasteiger partial charge on any atom is 0.120 e. The van der Waals surface area contributed by atoms with Crippen LogP contribution in [0.25, 0.3) is 0 Å². The third-order valence-electron chi connectivity index (χ3n) is 2.37. The number of rotatable bonds is 6. The summed E-state index contributed by atoms with van der Waals surface area (Å²) in [4.78, 5) is 0. The van der Waals surface area contributed by atoms with Gasteiger partial charge in [-0.1, -0.05) is 58.6 Å². The molecule has 0 aromatic heterocycles. The minimum Gasteiger partial charge on any atom is -0.0891 e. The van der Waals surface area contributed by atoms with E-state index in [1.807, 2.05) is 0 Å². The molecule has 0 aliphatic carbocycles. The summed E-state index contributed by atoms with van der Waals surface area (Å²) in [5, 5.41) is 0. The molecule has 0 aliphatic rings. The fourth-order valence-corrected chi connectivity index (χ4v) is 1.38. The molecule has 0 amide bonds. The van der Waals surface area contributed by atoms with Gasteiger partial charge < -0.3 is 0 Å². The minimum atomic E-state index is 1.01. The third kappa shape index (κ3) is 4.90. The highest BCUT2D eigenvalue weighted by Crippen LogP contribution is 2.17. The summed E-state index contributed by atoms with van der Waals surface area (Å²) in [7, 11) is 1.38. The first-order valence-corrected chi connectivity index (χ1v) is 4.85. The Balaban J connectivity index is 3.09. The second-order valence-corrected chi connectivity index (χ2v) is 3.18. The molecule has 0 rings (SSSR count). The molecule has 0 spiro atoms. The fraction of sp³-hybridized carbons (Fsp3) is 1.00. The Morgan fingerprint density at radius 3 is 2.30 bits per heavy atom. The monoisotopic (exact) mass is 140 g/mol. The molecular weight excluding hydrogens is 119 g/mol. The molecule has 0 heterocycles. The molecule has 1 atom stereocenters. The summed E-state index contributed by atoms with van der Waals surface area (Å²) in [5.74, 6) is 1.01. The standard InChI is InChI=1S/C9H21B/c1-4-6-7-8-9(5-2)10-3/h9-10H,4-8H2,1-3H3. The lowest BCUT2D eigenvalue weighted by molar-refractivity contribution is 0.620. The quantitative estimate of drug-likeness (QED) is 0.392. The molecule has 0 saturated carbocycles. The summed E-state index contributed by atoms with van der Waals surface area (Å²) in [6, 6.07) is 0. The van der Waals surface area contributed by atoms with Crippen LogP contribution in [0.15, 0.2) is 0 Å². The van der Waals surface area contributed by atoms with Crippen molar-refractivity contribution in [3.8, 4) is 0 Å². The van der Waals surface area contributed by atoms with Gasteiger partial charge in [0.15, 0.2) is 0 Å². The maximum atomic E-state index is 2.31. The zero-order valence-corrected chi connectivity index (χ0v) is 7.82. The molecule has 0 fully saturated rings. The Bertz CT molecular complexity index is 57.7. The van der Waals surface area contributed by atoms with E-state index in [1.54, 1.807) is 0 Å². The lowest BCUT2D eigenvalue weighted by Gasteiger charge is -2.09. The van der Waals surface area contributed by atoms with Gasteiger partial charge in [-0.25, -0.2) is 0 Å². The van der Waals surface area contributed by atoms with Crippen LogP contribution in [0.1, 0.15) is 46.0 Å². The van der Waals surface area contributed by atoms with Gasteiger partial charge in [0, 0.05) is 0 Å². The van der Waals surface area contributed by atoms with Gasteiger partial charge in [0.25, 0.3) is 0 Å². The lowest BCUT2D eigenvalue weighted by Crippen LogP contribution is -1.97. The number of hydrogen-bond donors (Lipinski definition) is 0. The predicted octanol–water partition coefficient (Wildman–Crippen LogP) is 3.25. The van der Waals surface area contributed by atoms with Crippen molar-refractivity contribution in [2.75, 3.05) is 0 Å². The molecule has 0 aromatic rings. The average Bonchev–Trinajstić information content (AvgIpc) is 1.99. The second-order valence-electron chi connectivity index (χ2n) is 3.18. The second kappa shape index (κ2) is 7.18. The molecule has 0 N–H and O–H groups in total. The summed E-state index contributed by atoms with van der Waals surface area (Å²) in [6.07, 6.45) is 7.07. The zero-order valence-electron chi connectivity index (χ0n) is 7.82. The summed E-state index contributed by atoms with van der Waals surface area (Å²) >= 11 is 0. The van der Waals surface area contributed by atoms with Crippen LogP contribution in [-0.2, 0) is 0 Å². The molecule has 0 bridgehead atoms. The van der Waals surface area contributed by atoms with Crippen LogP contribution >= 0.6 is 0 Å². The summed E-state index contributed by atoms with van der Waals surface area (Å²) in [5.41, 5.74) is 0. The van der Waals surface area contributed by atoms with Crippen LogP contribution in [0.2, 0.25) is 12.6 Å². The minimum absolute atomic E-state index is 1.01. The SMILES string of the molecule is CBC(CC)CCCCC. The molecule has 60 valence electrons. The van der Waals surface area contributed by atoms with E-state index in [0.29, 0.717) is 0 Å². The highest BCUT2D eigenvalue weighted by atomic mass is 14.0. The van der Waals surface area contributed by atoms with Crippen molar-refractivity contribution in [3.05, 3.63) is 0 Å². The van der Waals surface area contributed by atoms with Crippen LogP contribution in [0.4, 0.5) is 0 Å². The Kier molecular flexibility index (Phi) is 7.22. The van der Waals surface area contributed by atoms with Crippen LogP contribution < -0.4 is 0 Å². The first kappa shape index (κ1) is 10.1. The molecule has 10 heavy (non-hydrogen) atoms. The normalized spacial score (nSPS) is 13.1. The lowest BCUT2D eigenvalue weighted by atomic mass is 9.63. The average molecular weight is 140 g/mol. The Labute approximate surface area is 66.6 Å². The van der Waals surface area contributed by atoms with Crippen molar-refractivity contribution in [1.82, 2.24) is 0 Å². The number of unbranched alkanes of at least 4 members (excludes halogenated alkanes) is 2. The Morgan fingerprint density at radius 1 is 1.20 bits per heavy atom. The van der Waals surface area contributed by atoms with Crippen LogP contribution in [-0.4, -0.2) is 7.28 Å². The van der Waals surface area contributed by atoms with Crippen molar-refractivity contribution in [1.29, 1.82) is 0 Å². The fourth-order valence-electron chi connectivity index (χ4n) is 1.38. The van der Waals surface area contributed by atoms with Gasteiger partial charge in [-0.15, -0.1) is 0 Å². The van der Waals surface area contributed by atoms with Gasteiger partial charge in [0.05, 0.1) is 0 Å². The van der Waals surface area contributed by atoms with Gasteiger partial charge in [-0.2, -0.15) is 0 Å². The number of hydrogen-bond acceptors (Lipinski definition) is 0. The van der Waals surface area contributed by atoms with E-state index in [9.17, 15) is 0 Å². The van der Waals surface area contributed by atoms with Crippen molar-refractivity contribution in [3.63, 3.8) is 0 Å². The van der Waals surface area contributed by atoms with Crippen molar-refractivity contribution >= 4 is 7.28 Å². The van der Waals surface area contributed by atoms with Crippen LogP contribution in [0, 0.1) is 0 Å². The van der Waals surface area contributed by atoms with Gasteiger partial charge >= 0.3 is 0 Å². The molecule has 0 aliphatic heterocycles. The van der Waals surface area contributed by atoms with Crippen molar-refractivity contribution in [2.24, 2.45) is 0 Å². The maximum absolute atomic E-state index is 2.31. The largest absolute Gasteiger partial charge is 0.120 e. The van der Waals surface area contributed by atoms with Crippen molar-refractivity contribution in [2.45, 2.75) is 58.6 Å². The highest BCUT2D eigenvalue weighted by molar-refractivity contribution is 6.35. The molecular formula is C9H21B. The van der Waals surface area contributed by atoms with Gasteiger partial charge in [0.2, 0.25) is 0 Å². The van der Waals surface area contributed by atoms with Crippen molar-refractivity contribution < 1.29 is 0 Å². The summed E-state index contributed by atoms with van der Waals surface area (Å²) < 4.78 is 0. The first-order valence-electron chi connectivity index (χ1n) is 4.85. The zero-order chi connectivity index (χ0) is 7.82. The van der Waals surface area contributed by atoms with E-state index in [4.69, 9.17) is 0 Å². The summed E-state index contributed by atoms with van der Waals surface area (Å²) in [6.45, 7) is 6.88. The van der Waals surface area contributed by atoms with E-state index in [2.05, 4.69) is 20.7 Å². The van der Waals surface area contributed by atoms with E-state index in [-0.39, 0.29) is 0 Å². The van der Waals surface area contributed by atoms with Crippen LogP contribution in [0.3, 0.4) is 0 Å². The molecule has 1 unspecified atom stereocenters. The highest BCUT2D eigenvalue weighted by Gasteiger charge is 2.02. The Morgan fingerprint density at radius 2 is 1.90 bits per heavy atom. The van der Waals surface area contributed by atoms with E-state index < -0.39 is 0 Å². The molecule has 0 saturated heterocycles.